The van der Waals surface area contributed by atoms with Gasteiger partial charge in [-0.3, -0.25) is 9.89 Å². The van der Waals surface area contributed by atoms with Crippen molar-refractivity contribution in [1.82, 2.24) is 15.5 Å². The van der Waals surface area contributed by atoms with Crippen LogP contribution in [0.2, 0.25) is 0 Å². The van der Waals surface area contributed by atoms with Crippen LogP contribution in [-0.2, 0) is 4.79 Å². The summed E-state index contributed by atoms with van der Waals surface area (Å²) >= 11 is 0. The normalized spacial score (nSPS) is 8.29. The monoisotopic (exact) mass is 188 g/mol. The number of carbonyl (C=O) groups is 1. The number of rotatable bonds is 1. The number of amides is 1. The topological polar surface area (TPSA) is 81.6 Å². The van der Waals surface area contributed by atoms with Crippen LogP contribution < -0.4 is 5.32 Å². The first-order chi connectivity index (χ1) is 6.74. The zero-order chi connectivity index (χ0) is 10.4. The fourth-order valence-corrected chi connectivity index (χ4v) is 0.774. The second-order valence-corrected chi connectivity index (χ2v) is 2.48. The lowest BCUT2D eigenvalue weighted by molar-refractivity contribution is -0.118. The van der Waals surface area contributed by atoms with Gasteiger partial charge in [0, 0.05) is 6.92 Å². The third-order valence-corrected chi connectivity index (χ3v) is 1.40. The molecule has 0 spiro atoms. The van der Waals surface area contributed by atoms with Crippen molar-refractivity contribution in [2.45, 2.75) is 6.92 Å². The van der Waals surface area contributed by atoms with Crippen LogP contribution in [0.4, 0.5) is 0 Å². The molecule has 1 aromatic rings. The van der Waals surface area contributed by atoms with Gasteiger partial charge in [-0.15, -0.1) is 0 Å². The van der Waals surface area contributed by atoms with Crippen molar-refractivity contribution in [3.05, 3.63) is 17.5 Å². The van der Waals surface area contributed by atoms with Crippen LogP contribution in [0, 0.1) is 23.2 Å². The summed E-state index contributed by atoms with van der Waals surface area (Å²) < 4.78 is 0. The number of nitrogens with one attached hydrogen (secondary N) is 2. The maximum absolute atomic E-state index is 10.5. The lowest BCUT2D eigenvalue weighted by Gasteiger charge is -1.90. The van der Waals surface area contributed by atoms with Gasteiger partial charge >= 0.3 is 0 Å². The van der Waals surface area contributed by atoms with Crippen LogP contribution >= 0.6 is 0 Å². The minimum atomic E-state index is -0.132. The molecule has 0 radical (unpaired) electrons. The Kier molecular flexibility index (Phi) is 3.28. The molecule has 1 heterocycles. The number of carbonyl (C=O) groups excluding carboxylic acids is 1. The van der Waals surface area contributed by atoms with Crippen molar-refractivity contribution >= 4 is 5.91 Å². The molecule has 5 heteroatoms. The highest BCUT2D eigenvalue weighted by Crippen LogP contribution is 1.98. The second-order valence-electron chi connectivity index (χ2n) is 2.48. The summed E-state index contributed by atoms with van der Waals surface area (Å²) in [5.41, 5.74) is 0.873. The van der Waals surface area contributed by atoms with E-state index in [1.807, 2.05) is 6.07 Å². The predicted octanol–water partition coefficient (Wildman–Crippen LogP) is -0.231. The standard InChI is InChI=1S/C9H8N4O/c1-7(14)11-4-2-3-8-6-12-13-9(8)5-10/h6H,4H2,1H3,(H,11,14)(H,12,13). The number of aromatic nitrogens is 2. The fraction of sp³-hybridized carbons (Fsp3) is 0.222. The Morgan fingerprint density at radius 3 is 3.21 bits per heavy atom. The van der Waals surface area contributed by atoms with E-state index in [-0.39, 0.29) is 12.5 Å². The van der Waals surface area contributed by atoms with Gasteiger partial charge in [-0.1, -0.05) is 11.8 Å². The van der Waals surface area contributed by atoms with Gasteiger partial charge in [0.15, 0.2) is 5.69 Å². The Bertz CT molecular complexity index is 430. The van der Waals surface area contributed by atoms with Gasteiger partial charge in [-0.05, 0) is 0 Å². The molecule has 0 unspecified atom stereocenters. The predicted molar refractivity (Wildman–Crippen MR) is 48.9 cm³/mol. The average Bonchev–Trinajstić information content (AvgIpc) is 2.59. The molecule has 14 heavy (non-hydrogen) atoms. The quantitative estimate of drug-likeness (QED) is 0.597. The van der Waals surface area contributed by atoms with E-state index in [0.29, 0.717) is 11.3 Å². The van der Waals surface area contributed by atoms with Crippen molar-refractivity contribution in [2.75, 3.05) is 6.54 Å². The van der Waals surface area contributed by atoms with Gasteiger partial charge in [0.05, 0.1) is 18.3 Å². The van der Waals surface area contributed by atoms with Crippen LogP contribution in [0.1, 0.15) is 18.2 Å². The second kappa shape index (κ2) is 4.68. The van der Waals surface area contributed by atoms with E-state index in [2.05, 4.69) is 27.4 Å². The summed E-state index contributed by atoms with van der Waals surface area (Å²) in [7, 11) is 0. The zero-order valence-corrected chi connectivity index (χ0v) is 7.59. The molecular weight excluding hydrogens is 180 g/mol. The van der Waals surface area contributed by atoms with Crippen LogP contribution in [0.15, 0.2) is 6.20 Å². The molecule has 1 amide bonds. The van der Waals surface area contributed by atoms with Crippen molar-refractivity contribution in [2.24, 2.45) is 0 Å². The van der Waals surface area contributed by atoms with E-state index in [1.54, 1.807) is 0 Å². The molecule has 0 aliphatic heterocycles. The van der Waals surface area contributed by atoms with E-state index in [0.717, 1.165) is 0 Å². The number of H-pyrrole nitrogens is 1. The first kappa shape index (κ1) is 9.82. The Morgan fingerprint density at radius 1 is 1.79 bits per heavy atom. The van der Waals surface area contributed by atoms with Gasteiger partial charge in [0.25, 0.3) is 0 Å². The molecule has 70 valence electrons. The molecule has 1 aromatic heterocycles. The third-order valence-electron chi connectivity index (χ3n) is 1.40. The average molecular weight is 188 g/mol. The minimum absolute atomic E-state index is 0.132. The number of nitriles is 1. The largest absolute Gasteiger partial charge is 0.345 e. The lowest BCUT2D eigenvalue weighted by Crippen LogP contribution is -2.19. The highest BCUT2D eigenvalue weighted by atomic mass is 16.1. The Morgan fingerprint density at radius 2 is 2.57 bits per heavy atom. The molecule has 1 rings (SSSR count). The van der Waals surface area contributed by atoms with Gasteiger partial charge in [-0.2, -0.15) is 10.4 Å². The van der Waals surface area contributed by atoms with Crippen LogP contribution in [0.5, 0.6) is 0 Å². The first-order valence-electron chi connectivity index (χ1n) is 3.91. The summed E-state index contributed by atoms with van der Waals surface area (Å²) in [4.78, 5) is 10.5. The van der Waals surface area contributed by atoms with E-state index in [9.17, 15) is 4.79 Å². The third kappa shape index (κ3) is 2.65. The summed E-state index contributed by atoms with van der Waals surface area (Å²) in [6, 6.07) is 1.92. The van der Waals surface area contributed by atoms with Crippen LogP contribution in [0.3, 0.4) is 0 Å². The number of nitrogens with zero attached hydrogens (tertiary/aromatic N) is 2. The molecule has 5 nitrogen and oxygen atoms in total. The summed E-state index contributed by atoms with van der Waals surface area (Å²) in [5, 5.41) is 17.3. The first-order valence-corrected chi connectivity index (χ1v) is 3.91. The highest BCUT2D eigenvalue weighted by molar-refractivity contribution is 5.73. The zero-order valence-electron chi connectivity index (χ0n) is 7.59. The molecular formula is C9H8N4O. The number of hydrogen-bond donors (Lipinski definition) is 2. The molecule has 0 aliphatic carbocycles. The Balaban J connectivity index is 2.60. The van der Waals surface area contributed by atoms with Crippen LogP contribution in [0.25, 0.3) is 0 Å². The van der Waals surface area contributed by atoms with Gasteiger partial charge in [0.2, 0.25) is 5.91 Å². The molecule has 0 saturated heterocycles. The SMILES string of the molecule is CC(=O)NCC#Cc1cn[nH]c1C#N. The highest BCUT2D eigenvalue weighted by Gasteiger charge is 1.98. The van der Waals surface area contributed by atoms with Crippen molar-refractivity contribution < 1.29 is 4.79 Å². The lowest BCUT2D eigenvalue weighted by atomic mass is 10.2. The maximum atomic E-state index is 10.5. The van der Waals surface area contributed by atoms with E-state index < -0.39 is 0 Å². The fourth-order valence-electron chi connectivity index (χ4n) is 0.774. The van der Waals surface area contributed by atoms with Crippen molar-refractivity contribution in [1.29, 1.82) is 5.26 Å². The molecule has 0 saturated carbocycles. The molecule has 0 aliphatic rings. The summed E-state index contributed by atoms with van der Waals surface area (Å²) in [6.07, 6.45) is 1.47. The summed E-state index contributed by atoms with van der Waals surface area (Å²) in [6.45, 7) is 1.69. The molecule has 0 bridgehead atoms. The molecule has 0 aromatic carbocycles. The van der Waals surface area contributed by atoms with Crippen molar-refractivity contribution in [3.63, 3.8) is 0 Å². The molecule has 0 fully saturated rings. The smallest absolute Gasteiger partial charge is 0.217 e. The van der Waals surface area contributed by atoms with Gasteiger partial charge in [0.1, 0.15) is 6.07 Å². The Hall–Kier alpha value is -2.27. The molecule has 2 N–H and O–H groups in total. The maximum Gasteiger partial charge on any atom is 0.217 e. The number of hydrogen-bond acceptors (Lipinski definition) is 3. The van der Waals surface area contributed by atoms with Crippen LogP contribution in [-0.4, -0.2) is 22.6 Å². The van der Waals surface area contributed by atoms with E-state index in [4.69, 9.17) is 5.26 Å². The van der Waals surface area contributed by atoms with Gasteiger partial charge in [-0.25, -0.2) is 0 Å². The summed E-state index contributed by atoms with van der Waals surface area (Å²) in [5.74, 6) is 5.29. The van der Waals surface area contributed by atoms with Gasteiger partial charge < -0.3 is 5.32 Å². The minimum Gasteiger partial charge on any atom is -0.345 e. The van der Waals surface area contributed by atoms with Crippen molar-refractivity contribution in [3.8, 4) is 17.9 Å². The Labute approximate surface area is 81.1 Å². The number of aromatic amines is 1. The van der Waals surface area contributed by atoms with E-state index in [1.165, 1.54) is 13.1 Å². The molecule has 0 atom stereocenters. The van der Waals surface area contributed by atoms with E-state index >= 15 is 0 Å².